The van der Waals surface area contributed by atoms with Crippen LogP contribution in [0.25, 0.3) is 5.57 Å². The van der Waals surface area contributed by atoms with Crippen molar-refractivity contribution in [3.8, 4) is 0 Å². The van der Waals surface area contributed by atoms with Crippen molar-refractivity contribution in [1.29, 1.82) is 0 Å². The molecule has 1 heterocycles. The molecule has 0 radical (unpaired) electrons. The second-order valence-electron chi connectivity index (χ2n) is 8.00. The highest BCUT2D eigenvalue weighted by Gasteiger charge is 2.41. The third-order valence-corrected chi connectivity index (χ3v) is 5.84. The van der Waals surface area contributed by atoms with Crippen LogP contribution in [0, 0.1) is 18.6 Å². The average Bonchev–Trinajstić information content (AvgIpc) is 3.06. The largest absolute Gasteiger partial charge is 0.372 e. The summed E-state index contributed by atoms with van der Waals surface area (Å²) < 4.78 is 28.0. The van der Waals surface area contributed by atoms with Gasteiger partial charge in [0.2, 0.25) is 0 Å². The van der Waals surface area contributed by atoms with Crippen LogP contribution in [0.15, 0.2) is 72.4 Å². The molecule has 4 rings (SSSR count). The van der Waals surface area contributed by atoms with E-state index in [1.54, 1.807) is 12.1 Å². The van der Waals surface area contributed by atoms with Crippen LogP contribution in [0.1, 0.15) is 25.0 Å². The second kappa shape index (κ2) is 9.47. The molecule has 7 heteroatoms. The zero-order chi connectivity index (χ0) is 24.4. The monoisotopic (exact) mass is 461 g/mol. The van der Waals surface area contributed by atoms with Crippen LogP contribution < -0.4 is 15.1 Å². The molecule has 1 N–H and O–H groups in total. The molecule has 0 saturated heterocycles. The first kappa shape index (κ1) is 23.2. The molecule has 2 amide bonds. The minimum atomic E-state index is -0.991. The van der Waals surface area contributed by atoms with Crippen molar-refractivity contribution in [3.63, 3.8) is 0 Å². The van der Waals surface area contributed by atoms with Gasteiger partial charge in [0, 0.05) is 30.5 Å². The van der Waals surface area contributed by atoms with Gasteiger partial charge in [0.05, 0.1) is 11.3 Å². The van der Waals surface area contributed by atoms with Gasteiger partial charge in [-0.15, -0.1) is 0 Å². The van der Waals surface area contributed by atoms with Gasteiger partial charge in [0.1, 0.15) is 17.3 Å². The number of amides is 2. The van der Waals surface area contributed by atoms with E-state index < -0.39 is 23.4 Å². The highest BCUT2D eigenvalue weighted by molar-refractivity contribution is 6.46. The number of carbonyl (C=O) groups excluding carboxylic acids is 2. The van der Waals surface area contributed by atoms with Crippen LogP contribution in [0.5, 0.6) is 0 Å². The van der Waals surface area contributed by atoms with E-state index in [0.29, 0.717) is 17.3 Å². The number of benzene rings is 3. The Morgan fingerprint density at radius 2 is 1.50 bits per heavy atom. The van der Waals surface area contributed by atoms with Crippen molar-refractivity contribution in [2.45, 2.75) is 20.8 Å². The first-order chi connectivity index (χ1) is 16.3. The second-order valence-corrected chi connectivity index (χ2v) is 8.00. The van der Waals surface area contributed by atoms with E-state index in [-0.39, 0.29) is 17.0 Å². The Morgan fingerprint density at radius 3 is 2.09 bits per heavy atom. The molecule has 0 saturated carbocycles. The third-order valence-electron chi connectivity index (χ3n) is 5.84. The number of aryl methyl sites for hydroxylation is 1. The molecule has 0 bridgehead atoms. The van der Waals surface area contributed by atoms with Gasteiger partial charge in [0.15, 0.2) is 0 Å². The first-order valence-electron chi connectivity index (χ1n) is 11.1. The molecule has 174 valence electrons. The summed E-state index contributed by atoms with van der Waals surface area (Å²) in [4.78, 5) is 29.7. The van der Waals surface area contributed by atoms with E-state index in [1.165, 1.54) is 0 Å². The first-order valence-corrected chi connectivity index (χ1v) is 11.1. The van der Waals surface area contributed by atoms with Crippen LogP contribution >= 0.6 is 0 Å². The summed E-state index contributed by atoms with van der Waals surface area (Å²) in [6, 6.07) is 17.4. The predicted octanol–water partition coefficient (Wildman–Crippen LogP) is 5.52. The van der Waals surface area contributed by atoms with Gasteiger partial charge in [-0.2, -0.15) is 0 Å². The van der Waals surface area contributed by atoms with Crippen LogP contribution in [-0.2, 0) is 9.59 Å². The van der Waals surface area contributed by atoms with Gasteiger partial charge in [-0.3, -0.25) is 9.59 Å². The van der Waals surface area contributed by atoms with Crippen LogP contribution in [0.3, 0.4) is 0 Å². The Kier molecular flexibility index (Phi) is 6.45. The fraction of sp³-hybridized carbons (Fsp3) is 0.185. The Balaban J connectivity index is 1.76. The number of rotatable bonds is 7. The number of nitrogens with one attached hydrogen (secondary N) is 1. The lowest BCUT2D eigenvalue weighted by molar-refractivity contribution is -0.120. The number of hydrogen-bond acceptors (Lipinski definition) is 4. The number of nitrogens with zero attached hydrogens (tertiary/aromatic N) is 2. The summed E-state index contributed by atoms with van der Waals surface area (Å²) in [6.07, 6.45) is 0. The summed E-state index contributed by atoms with van der Waals surface area (Å²) in [5.41, 5.74) is 3.02. The molecule has 1 aliphatic rings. The van der Waals surface area contributed by atoms with Crippen molar-refractivity contribution in [1.82, 2.24) is 0 Å². The summed E-state index contributed by atoms with van der Waals surface area (Å²) in [6.45, 7) is 7.77. The van der Waals surface area contributed by atoms with E-state index in [4.69, 9.17) is 0 Å². The van der Waals surface area contributed by atoms with Gasteiger partial charge < -0.3 is 10.2 Å². The molecular weight excluding hydrogens is 436 g/mol. The Bertz CT molecular complexity index is 1260. The average molecular weight is 462 g/mol. The minimum Gasteiger partial charge on any atom is -0.372 e. The molecule has 0 spiro atoms. The van der Waals surface area contributed by atoms with Gasteiger partial charge in [0.25, 0.3) is 11.8 Å². The Hall–Kier alpha value is -4.00. The number of anilines is 3. The van der Waals surface area contributed by atoms with Gasteiger partial charge >= 0.3 is 0 Å². The van der Waals surface area contributed by atoms with Crippen molar-refractivity contribution >= 4 is 34.4 Å². The number of halogens is 2. The molecular formula is C27H25F2N3O2. The molecule has 0 fully saturated rings. The zero-order valence-corrected chi connectivity index (χ0v) is 19.2. The fourth-order valence-electron chi connectivity index (χ4n) is 4.00. The van der Waals surface area contributed by atoms with E-state index in [0.717, 1.165) is 41.4 Å². The van der Waals surface area contributed by atoms with Crippen LogP contribution in [0.4, 0.5) is 25.8 Å². The van der Waals surface area contributed by atoms with E-state index >= 15 is 0 Å². The molecule has 34 heavy (non-hydrogen) atoms. The fourth-order valence-corrected chi connectivity index (χ4v) is 4.00. The minimum absolute atomic E-state index is 0.0353. The van der Waals surface area contributed by atoms with Crippen LogP contribution in [0.2, 0.25) is 0 Å². The van der Waals surface area contributed by atoms with Crippen molar-refractivity contribution in [2.24, 2.45) is 0 Å². The van der Waals surface area contributed by atoms with Gasteiger partial charge in [-0.1, -0.05) is 29.8 Å². The van der Waals surface area contributed by atoms with E-state index in [2.05, 4.69) is 24.1 Å². The van der Waals surface area contributed by atoms with Crippen molar-refractivity contribution in [3.05, 3.63) is 95.2 Å². The maximum atomic E-state index is 14.5. The van der Waals surface area contributed by atoms with E-state index in [9.17, 15) is 18.4 Å². The highest BCUT2D eigenvalue weighted by atomic mass is 19.1. The Morgan fingerprint density at radius 1 is 0.853 bits per heavy atom. The maximum Gasteiger partial charge on any atom is 0.282 e. The normalized spacial score (nSPS) is 13.6. The molecule has 3 aromatic rings. The highest BCUT2D eigenvalue weighted by Crippen LogP contribution is 2.35. The van der Waals surface area contributed by atoms with Gasteiger partial charge in [-0.05, 0) is 62.7 Å². The number of hydrogen-bond donors (Lipinski definition) is 1. The zero-order valence-electron chi connectivity index (χ0n) is 19.2. The smallest absolute Gasteiger partial charge is 0.282 e. The lowest BCUT2D eigenvalue weighted by atomic mass is 10.0. The lowest BCUT2D eigenvalue weighted by Crippen LogP contribution is -2.33. The molecule has 1 aliphatic heterocycles. The maximum absolute atomic E-state index is 14.5. The summed E-state index contributed by atoms with van der Waals surface area (Å²) in [7, 11) is 0. The van der Waals surface area contributed by atoms with Crippen LogP contribution in [-0.4, -0.2) is 24.9 Å². The molecule has 0 atom stereocenters. The van der Waals surface area contributed by atoms with E-state index in [1.807, 2.05) is 43.3 Å². The molecule has 0 aromatic heterocycles. The Labute approximate surface area is 197 Å². The summed E-state index contributed by atoms with van der Waals surface area (Å²) in [5, 5.41) is 3.07. The number of carbonyl (C=O) groups is 2. The quantitative estimate of drug-likeness (QED) is 0.471. The van der Waals surface area contributed by atoms with Crippen molar-refractivity contribution < 1.29 is 18.4 Å². The van der Waals surface area contributed by atoms with Crippen molar-refractivity contribution in [2.75, 3.05) is 28.2 Å². The topological polar surface area (TPSA) is 52.7 Å². The summed E-state index contributed by atoms with van der Waals surface area (Å²) in [5.74, 6) is -3.17. The summed E-state index contributed by atoms with van der Waals surface area (Å²) >= 11 is 0. The standard InChI is InChI=1S/C27H25F2N3O2/c1-4-31(5-2)21-13-11-20(12-14-21)30-25-24(18-8-6-17(3)7-9-18)26(33)32(27(25)34)23-15-10-19(28)16-22(23)29/h6-16,30H,4-5H2,1-3H3. The third kappa shape index (κ3) is 4.29. The number of imide groups is 1. The lowest BCUT2D eigenvalue weighted by Gasteiger charge is -2.21. The molecule has 0 unspecified atom stereocenters. The predicted molar refractivity (Wildman–Crippen MR) is 131 cm³/mol. The molecule has 5 nitrogen and oxygen atoms in total. The SMILES string of the molecule is CCN(CC)c1ccc(NC2=C(c3ccc(C)cc3)C(=O)N(c3ccc(F)cc3F)C2=O)cc1. The van der Waals surface area contributed by atoms with Gasteiger partial charge in [-0.25, -0.2) is 13.7 Å². The molecule has 3 aromatic carbocycles. The molecule has 0 aliphatic carbocycles.